The molecule has 0 aliphatic carbocycles. The van der Waals surface area contributed by atoms with Crippen LogP contribution in [0.2, 0.25) is 0 Å². The molecule has 3 aliphatic rings. The number of ether oxygens (including phenoxy) is 2. The van der Waals surface area contributed by atoms with E-state index in [9.17, 15) is 39.2 Å². The molecule has 3 aliphatic heterocycles. The van der Waals surface area contributed by atoms with Crippen LogP contribution in [0.3, 0.4) is 0 Å². The summed E-state index contributed by atoms with van der Waals surface area (Å²) >= 11 is 0. The van der Waals surface area contributed by atoms with Crippen molar-refractivity contribution < 1.29 is 57.4 Å². The van der Waals surface area contributed by atoms with Crippen molar-refractivity contribution in [1.29, 1.82) is 0 Å². The van der Waals surface area contributed by atoms with Gasteiger partial charge in [-0.2, -0.15) is 34.4 Å². The SMILES string of the molecule is O=C(CCC(F)(F)C(F)(F)S(=O)(=O)O)OC1C2C[C@H]3C(O2)C1OS3(=O)=O. The lowest BCUT2D eigenvalue weighted by atomic mass is 9.94. The molecule has 0 aromatic carbocycles. The molecule has 26 heavy (non-hydrogen) atoms. The third-order valence-corrected chi connectivity index (χ3v) is 7.09. The van der Waals surface area contributed by atoms with Crippen LogP contribution >= 0.6 is 0 Å². The van der Waals surface area contributed by atoms with Crippen LogP contribution < -0.4 is 0 Å². The van der Waals surface area contributed by atoms with E-state index in [2.05, 4.69) is 0 Å². The molecule has 3 fully saturated rings. The zero-order valence-electron chi connectivity index (χ0n) is 12.5. The fraction of sp³-hybridized carbons (Fsp3) is 0.909. The first-order valence-corrected chi connectivity index (χ1v) is 10.1. The number of hydrogen-bond acceptors (Lipinski definition) is 8. The summed E-state index contributed by atoms with van der Waals surface area (Å²) in [6, 6.07) is 0. The molecule has 3 heterocycles. The maximum atomic E-state index is 13.3. The molecular weight excluding hydrogens is 416 g/mol. The maximum absolute atomic E-state index is 13.3. The Morgan fingerprint density at radius 1 is 1.23 bits per heavy atom. The molecule has 0 aromatic heterocycles. The fourth-order valence-electron chi connectivity index (χ4n) is 3.17. The van der Waals surface area contributed by atoms with E-state index in [0.29, 0.717) is 0 Å². The molecule has 2 bridgehead atoms. The van der Waals surface area contributed by atoms with E-state index in [1.807, 2.05) is 0 Å². The van der Waals surface area contributed by atoms with Gasteiger partial charge in [0.15, 0.2) is 6.10 Å². The van der Waals surface area contributed by atoms with Gasteiger partial charge in [-0.25, -0.2) is 0 Å². The standard InChI is InChI=1S/C11H12F4O9S2/c12-10(13,11(14,15)26(19,20)21)2-1-6(16)23-7-4-3-5-8(22-4)9(7)24-25(5,17)18/h4-5,7-9H,1-3H2,(H,19,20,21)/t4?,5-,7?,8?,9?/m0/s1. The Bertz CT molecular complexity index is 825. The third-order valence-electron chi connectivity index (χ3n) is 4.45. The van der Waals surface area contributed by atoms with Gasteiger partial charge in [-0.3, -0.25) is 13.5 Å². The van der Waals surface area contributed by atoms with Gasteiger partial charge in [0.05, 0.1) is 12.5 Å². The molecule has 3 saturated heterocycles. The van der Waals surface area contributed by atoms with Crippen molar-refractivity contribution in [3.8, 4) is 0 Å². The molecule has 150 valence electrons. The van der Waals surface area contributed by atoms with E-state index >= 15 is 0 Å². The van der Waals surface area contributed by atoms with Crippen LogP contribution in [0.15, 0.2) is 0 Å². The summed E-state index contributed by atoms with van der Waals surface area (Å²) in [4.78, 5) is 11.7. The lowest BCUT2D eigenvalue weighted by Crippen LogP contribution is -2.47. The number of rotatable bonds is 6. The van der Waals surface area contributed by atoms with E-state index in [-0.39, 0.29) is 6.42 Å². The largest absolute Gasteiger partial charge is 0.457 e. The molecule has 9 nitrogen and oxygen atoms in total. The van der Waals surface area contributed by atoms with Crippen molar-refractivity contribution in [2.24, 2.45) is 0 Å². The fourth-order valence-corrected chi connectivity index (χ4v) is 5.30. The Hall–Kier alpha value is -1.03. The maximum Gasteiger partial charge on any atom is 0.431 e. The van der Waals surface area contributed by atoms with Gasteiger partial charge in [-0.15, -0.1) is 0 Å². The average Bonchev–Trinajstić information content (AvgIpc) is 3.08. The minimum absolute atomic E-state index is 0.0293. The van der Waals surface area contributed by atoms with Crippen LogP contribution in [0, 0.1) is 0 Å². The number of esters is 1. The molecule has 0 saturated carbocycles. The number of halogens is 4. The molecule has 1 N–H and O–H groups in total. The summed E-state index contributed by atoms with van der Waals surface area (Å²) in [5.41, 5.74) is 0. The van der Waals surface area contributed by atoms with Gasteiger partial charge in [0.2, 0.25) is 0 Å². The molecule has 5 atom stereocenters. The summed E-state index contributed by atoms with van der Waals surface area (Å²) < 4.78 is 120. The molecular formula is C11H12F4O9S2. The number of fused-ring (bicyclic) bond motifs is 1. The minimum atomic E-state index is -6.40. The van der Waals surface area contributed by atoms with Gasteiger partial charge >= 0.3 is 27.3 Å². The summed E-state index contributed by atoms with van der Waals surface area (Å²) in [6.45, 7) is 0. The van der Waals surface area contributed by atoms with Crippen molar-refractivity contribution in [2.75, 3.05) is 0 Å². The van der Waals surface area contributed by atoms with Crippen molar-refractivity contribution in [1.82, 2.24) is 0 Å². The number of hydrogen-bond donors (Lipinski definition) is 1. The predicted octanol–water partition coefficient (Wildman–Crippen LogP) is 0.0626. The van der Waals surface area contributed by atoms with E-state index in [1.165, 1.54) is 0 Å². The van der Waals surface area contributed by atoms with Gasteiger partial charge in [0, 0.05) is 6.42 Å². The Morgan fingerprint density at radius 3 is 2.42 bits per heavy atom. The highest BCUT2D eigenvalue weighted by atomic mass is 32.2. The molecule has 0 aromatic rings. The summed E-state index contributed by atoms with van der Waals surface area (Å²) in [5.74, 6) is -6.63. The first-order chi connectivity index (χ1) is 11.7. The van der Waals surface area contributed by atoms with Crippen LogP contribution in [-0.4, -0.2) is 68.2 Å². The number of alkyl halides is 4. The molecule has 0 amide bonds. The van der Waals surface area contributed by atoms with Crippen molar-refractivity contribution in [3.63, 3.8) is 0 Å². The highest BCUT2D eigenvalue weighted by molar-refractivity contribution is 7.87. The third kappa shape index (κ3) is 2.89. The lowest BCUT2D eigenvalue weighted by molar-refractivity contribution is -0.174. The van der Waals surface area contributed by atoms with Crippen molar-refractivity contribution in [3.05, 3.63) is 0 Å². The first kappa shape index (κ1) is 19.7. The van der Waals surface area contributed by atoms with Crippen LogP contribution in [0.1, 0.15) is 19.3 Å². The monoisotopic (exact) mass is 428 g/mol. The van der Waals surface area contributed by atoms with Gasteiger partial charge in [-0.05, 0) is 6.42 Å². The Morgan fingerprint density at radius 2 is 1.85 bits per heavy atom. The van der Waals surface area contributed by atoms with E-state index < -0.39 is 79.9 Å². The number of carbonyl (C=O) groups is 1. The summed E-state index contributed by atoms with van der Waals surface area (Å²) in [6.07, 6.45) is -7.33. The van der Waals surface area contributed by atoms with E-state index in [4.69, 9.17) is 18.2 Å². The summed E-state index contributed by atoms with van der Waals surface area (Å²) in [7, 11) is -10.3. The van der Waals surface area contributed by atoms with E-state index in [1.54, 1.807) is 0 Å². The first-order valence-electron chi connectivity index (χ1n) is 7.17. The smallest absolute Gasteiger partial charge is 0.431 e. The van der Waals surface area contributed by atoms with Crippen molar-refractivity contribution >= 4 is 26.2 Å². The van der Waals surface area contributed by atoms with Crippen LogP contribution in [0.5, 0.6) is 0 Å². The second kappa shape index (κ2) is 5.73. The lowest BCUT2D eigenvalue weighted by Gasteiger charge is -2.25. The van der Waals surface area contributed by atoms with Crippen LogP contribution in [0.4, 0.5) is 17.6 Å². The highest BCUT2D eigenvalue weighted by Crippen LogP contribution is 2.48. The zero-order chi connectivity index (χ0) is 19.7. The van der Waals surface area contributed by atoms with E-state index in [0.717, 1.165) is 0 Å². The Labute approximate surface area is 144 Å². The van der Waals surface area contributed by atoms with Crippen molar-refractivity contribution in [2.45, 2.75) is 60.1 Å². The second-order valence-corrected chi connectivity index (χ2v) is 9.36. The molecule has 4 unspecified atom stereocenters. The molecule has 0 spiro atoms. The second-order valence-electron chi connectivity index (χ2n) is 6.12. The molecule has 3 rings (SSSR count). The van der Waals surface area contributed by atoms with Crippen LogP contribution in [-0.2, 0) is 38.7 Å². The average molecular weight is 428 g/mol. The Balaban J connectivity index is 1.61. The normalized spacial score (nSPS) is 35.7. The molecule has 0 radical (unpaired) electrons. The quantitative estimate of drug-likeness (QED) is 0.270. The van der Waals surface area contributed by atoms with Gasteiger partial charge in [0.1, 0.15) is 17.5 Å². The highest BCUT2D eigenvalue weighted by Gasteiger charge is 2.68. The van der Waals surface area contributed by atoms with Crippen LogP contribution in [0.25, 0.3) is 0 Å². The predicted molar refractivity (Wildman–Crippen MR) is 71.4 cm³/mol. The summed E-state index contributed by atoms with van der Waals surface area (Å²) in [5, 5.41) is -6.70. The zero-order valence-corrected chi connectivity index (χ0v) is 14.2. The minimum Gasteiger partial charge on any atom is -0.457 e. The van der Waals surface area contributed by atoms with Gasteiger partial charge in [-0.1, -0.05) is 0 Å². The number of carbonyl (C=O) groups excluding carboxylic acids is 1. The Kier molecular flexibility index (Phi) is 4.35. The molecule has 15 heteroatoms. The topological polar surface area (TPSA) is 133 Å². The van der Waals surface area contributed by atoms with Gasteiger partial charge in [0.25, 0.3) is 10.1 Å². The van der Waals surface area contributed by atoms with Gasteiger partial charge < -0.3 is 9.47 Å².